The van der Waals surface area contributed by atoms with Crippen LogP contribution in [0.4, 0.5) is 5.69 Å². The Morgan fingerprint density at radius 2 is 1.60 bits per heavy atom. The molecule has 0 radical (unpaired) electrons. The van der Waals surface area contributed by atoms with Crippen molar-refractivity contribution in [2.45, 2.75) is 36.6 Å². The third-order valence-corrected chi connectivity index (χ3v) is 7.51. The van der Waals surface area contributed by atoms with E-state index in [2.05, 4.69) is 5.32 Å². The lowest BCUT2D eigenvalue weighted by Gasteiger charge is -2.25. The molecule has 1 N–H and O–H groups in total. The molecule has 1 unspecified atom stereocenters. The van der Waals surface area contributed by atoms with E-state index in [0.717, 1.165) is 24.9 Å². The molecule has 158 valence electrons. The Morgan fingerprint density at radius 1 is 0.933 bits per heavy atom. The van der Waals surface area contributed by atoms with Crippen LogP contribution >= 0.6 is 0 Å². The maximum atomic E-state index is 12.7. The highest BCUT2D eigenvalue weighted by Crippen LogP contribution is 2.23. The largest absolute Gasteiger partial charge is 0.347 e. The first kappa shape index (κ1) is 20.6. The number of piperidine rings is 1. The van der Waals surface area contributed by atoms with Crippen LogP contribution in [0.5, 0.6) is 0 Å². The van der Waals surface area contributed by atoms with Crippen molar-refractivity contribution >= 4 is 27.5 Å². The minimum absolute atomic E-state index is 0.0329. The fraction of sp³-hybridized carbons (Fsp3) is 0.364. The molecule has 7 nitrogen and oxygen atoms in total. The Kier molecular flexibility index (Phi) is 5.87. The molecule has 1 atom stereocenters. The summed E-state index contributed by atoms with van der Waals surface area (Å²) < 4.78 is 27.0. The summed E-state index contributed by atoms with van der Waals surface area (Å²) in [7, 11) is -3.52. The second kappa shape index (κ2) is 8.57. The zero-order valence-electron chi connectivity index (χ0n) is 16.7. The molecule has 2 amide bonds. The van der Waals surface area contributed by atoms with Gasteiger partial charge in [-0.25, -0.2) is 8.42 Å². The molecule has 2 saturated heterocycles. The number of hydrogen-bond acceptors (Lipinski definition) is 4. The average molecular weight is 428 g/mol. The molecule has 2 aliphatic heterocycles. The van der Waals surface area contributed by atoms with Crippen molar-refractivity contribution in [2.75, 3.05) is 24.5 Å². The van der Waals surface area contributed by atoms with Crippen LogP contribution in [0.25, 0.3) is 0 Å². The lowest BCUT2D eigenvalue weighted by molar-refractivity contribution is -0.117. The van der Waals surface area contributed by atoms with Gasteiger partial charge in [0.1, 0.15) is 0 Å². The van der Waals surface area contributed by atoms with E-state index in [1.807, 2.05) is 30.3 Å². The van der Waals surface area contributed by atoms with Crippen LogP contribution in [-0.2, 0) is 14.8 Å². The number of nitrogens with zero attached hydrogens (tertiary/aromatic N) is 2. The molecular weight excluding hydrogens is 402 g/mol. The lowest BCUT2D eigenvalue weighted by Crippen LogP contribution is -2.37. The number of nitrogens with one attached hydrogen (secondary N) is 1. The Balaban J connectivity index is 1.40. The first-order valence-electron chi connectivity index (χ1n) is 10.2. The fourth-order valence-electron chi connectivity index (χ4n) is 3.96. The summed E-state index contributed by atoms with van der Waals surface area (Å²) in [6.07, 6.45) is 3.04. The van der Waals surface area contributed by atoms with Crippen molar-refractivity contribution in [1.29, 1.82) is 0 Å². The maximum Gasteiger partial charge on any atom is 0.251 e. The summed E-state index contributed by atoms with van der Waals surface area (Å²) >= 11 is 0. The van der Waals surface area contributed by atoms with Gasteiger partial charge in [0.15, 0.2) is 0 Å². The van der Waals surface area contributed by atoms with Gasteiger partial charge in [0.2, 0.25) is 15.9 Å². The van der Waals surface area contributed by atoms with Crippen molar-refractivity contribution in [1.82, 2.24) is 9.62 Å². The van der Waals surface area contributed by atoms with Gasteiger partial charge in [-0.15, -0.1) is 0 Å². The molecule has 2 aliphatic rings. The van der Waals surface area contributed by atoms with Crippen LogP contribution in [0.1, 0.15) is 36.0 Å². The summed E-state index contributed by atoms with van der Waals surface area (Å²) in [4.78, 5) is 26.8. The molecule has 0 bridgehead atoms. The van der Waals surface area contributed by atoms with E-state index in [4.69, 9.17) is 0 Å². The molecule has 8 heteroatoms. The van der Waals surface area contributed by atoms with Crippen LogP contribution in [0.15, 0.2) is 59.5 Å². The van der Waals surface area contributed by atoms with E-state index >= 15 is 0 Å². The van der Waals surface area contributed by atoms with Crippen LogP contribution in [0.2, 0.25) is 0 Å². The quantitative estimate of drug-likeness (QED) is 0.794. The zero-order chi connectivity index (χ0) is 21.1. The maximum absolute atomic E-state index is 12.7. The van der Waals surface area contributed by atoms with Crippen molar-refractivity contribution in [3.63, 3.8) is 0 Å². The molecular formula is C22H25N3O4S. The SMILES string of the molecule is O=C(NC1CC(=O)N(c2ccccc2)C1)c1ccc(S(=O)(=O)N2CCCCC2)cc1. The Labute approximate surface area is 176 Å². The minimum Gasteiger partial charge on any atom is -0.347 e. The summed E-state index contributed by atoms with van der Waals surface area (Å²) in [5, 5.41) is 2.89. The lowest BCUT2D eigenvalue weighted by atomic mass is 10.2. The number of hydrogen-bond donors (Lipinski definition) is 1. The van der Waals surface area contributed by atoms with E-state index in [1.54, 1.807) is 4.90 Å². The number of sulfonamides is 1. The van der Waals surface area contributed by atoms with Gasteiger partial charge in [0.25, 0.3) is 5.91 Å². The topological polar surface area (TPSA) is 86.8 Å². The zero-order valence-corrected chi connectivity index (χ0v) is 17.5. The standard InChI is InChI=1S/C22H25N3O4S/c26-21-15-18(16-25(21)19-7-3-1-4-8-19)23-22(27)17-9-11-20(12-10-17)30(28,29)24-13-5-2-6-14-24/h1,3-4,7-12,18H,2,5-6,13-16H2,(H,23,27). The van der Waals surface area contributed by atoms with E-state index in [1.165, 1.54) is 28.6 Å². The second-order valence-electron chi connectivity index (χ2n) is 7.70. The molecule has 0 aromatic heterocycles. The summed E-state index contributed by atoms with van der Waals surface area (Å²) in [6.45, 7) is 1.49. The van der Waals surface area contributed by atoms with Gasteiger partial charge in [0, 0.05) is 37.3 Å². The number of anilines is 1. The van der Waals surface area contributed by atoms with Gasteiger partial charge in [-0.2, -0.15) is 4.31 Å². The van der Waals surface area contributed by atoms with E-state index in [0.29, 0.717) is 25.2 Å². The number of carbonyl (C=O) groups excluding carboxylic acids is 2. The third-order valence-electron chi connectivity index (χ3n) is 5.60. The summed E-state index contributed by atoms with van der Waals surface area (Å²) in [5.41, 5.74) is 1.18. The Morgan fingerprint density at radius 3 is 2.27 bits per heavy atom. The molecule has 0 spiro atoms. The average Bonchev–Trinajstić information content (AvgIpc) is 3.15. The highest BCUT2D eigenvalue weighted by Gasteiger charge is 2.32. The van der Waals surface area contributed by atoms with Gasteiger partial charge < -0.3 is 10.2 Å². The van der Waals surface area contributed by atoms with Gasteiger partial charge in [-0.3, -0.25) is 9.59 Å². The van der Waals surface area contributed by atoms with Crippen LogP contribution in [-0.4, -0.2) is 50.2 Å². The molecule has 2 fully saturated rings. The van der Waals surface area contributed by atoms with Crippen molar-refractivity contribution < 1.29 is 18.0 Å². The molecule has 4 rings (SSSR count). The van der Waals surface area contributed by atoms with Crippen molar-refractivity contribution in [2.24, 2.45) is 0 Å². The highest BCUT2D eigenvalue weighted by molar-refractivity contribution is 7.89. The fourth-order valence-corrected chi connectivity index (χ4v) is 5.48. The van der Waals surface area contributed by atoms with Gasteiger partial charge in [-0.1, -0.05) is 24.6 Å². The normalized spacial score (nSPS) is 20.3. The predicted molar refractivity (Wildman–Crippen MR) is 114 cm³/mol. The molecule has 2 heterocycles. The van der Waals surface area contributed by atoms with Crippen LogP contribution in [0, 0.1) is 0 Å². The van der Waals surface area contributed by atoms with E-state index in [-0.39, 0.29) is 29.2 Å². The van der Waals surface area contributed by atoms with Crippen molar-refractivity contribution in [3.8, 4) is 0 Å². The third kappa shape index (κ3) is 4.24. The van der Waals surface area contributed by atoms with Gasteiger partial charge in [0.05, 0.1) is 10.9 Å². The molecule has 2 aromatic rings. The highest BCUT2D eigenvalue weighted by atomic mass is 32.2. The summed E-state index contributed by atoms with van der Waals surface area (Å²) in [6, 6.07) is 15.1. The summed E-state index contributed by atoms with van der Waals surface area (Å²) in [5.74, 6) is -0.348. The Hall–Kier alpha value is -2.71. The second-order valence-corrected chi connectivity index (χ2v) is 9.64. The first-order chi connectivity index (χ1) is 14.4. The van der Waals surface area contributed by atoms with E-state index < -0.39 is 10.0 Å². The molecule has 2 aromatic carbocycles. The number of para-hydroxylation sites is 1. The van der Waals surface area contributed by atoms with Crippen molar-refractivity contribution in [3.05, 3.63) is 60.2 Å². The van der Waals surface area contributed by atoms with Crippen LogP contribution in [0.3, 0.4) is 0 Å². The van der Waals surface area contributed by atoms with Gasteiger partial charge >= 0.3 is 0 Å². The van der Waals surface area contributed by atoms with Crippen LogP contribution < -0.4 is 10.2 Å². The smallest absolute Gasteiger partial charge is 0.251 e. The predicted octanol–water partition coefficient (Wildman–Crippen LogP) is 2.40. The number of carbonyl (C=O) groups is 2. The van der Waals surface area contributed by atoms with Gasteiger partial charge in [-0.05, 0) is 49.2 Å². The molecule has 30 heavy (non-hydrogen) atoms. The monoisotopic (exact) mass is 427 g/mol. The molecule has 0 saturated carbocycles. The molecule has 0 aliphatic carbocycles. The van der Waals surface area contributed by atoms with E-state index in [9.17, 15) is 18.0 Å². The number of amides is 2. The number of rotatable bonds is 5. The Bertz CT molecular complexity index is 1020. The first-order valence-corrected chi connectivity index (χ1v) is 11.7. The minimum atomic E-state index is -3.52. The number of benzene rings is 2.